The lowest BCUT2D eigenvalue weighted by molar-refractivity contribution is -0.122. The Balaban J connectivity index is 2.20. The van der Waals surface area contributed by atoms with Crippen molar-refractivity contribution in [3.63, 3.8) is 0 Å². The SMILES string of the molecule is C[C@H](C(=O)NCc1ccc(F)cc1)N(c1ccc(Cl)c(Cl)c1)S(C)(=O)=O. The summed E-state index contributed by atoms with van der Waals surface area (Å²) >= 11 is 11.8. The van der Waals surface area contributed by atoms with E-state index in [0.717, 1.165) is 10.6 Å². The summed E-state index contributed by atoms with van der Waals surface area (Å²) < 4.78 is 38.3. The molecule has 2 aromatic rings. The maximum absolute atomic E-state index is 12.9. The van der Waals surface area contributed by atoms with Crippen molar-refractivity contribution < 1.29 is 17.6 Å². The zero-order valence-corrected chi connectivity index (χ0v) is 16.4. The standard InChI is InChI=1S/C17H17Cl2FN2O3S/c1-11(17(23)21-10-12-3-5-13(20)6-4-12)22(26(2,24)25)14-7-8-15(18)16(19)9-14/h3-9,11H,10H2,1-2H3,(H,21,23)/t11-/m1/s1. The molecule has 0 fully saturated rings. The predicted molar refractivity (Wildman–Crippen MR) is 101 cm³/mol. The van der Waals surface area contributed by atoms with Crippen molar-refractivity contribution in [3.8, 4) is 0 Å². The molecule has 26 heavy (non-hydrogen) atoms. The lowest BCUT2D eigenvalue weighted by Crippen LogP contribution is -2.47. The lowest BCUT2D eigenvalue weighted by Gasteiger charge is -2.28. The number of carbonyl (C=O) groups is 1. The van der Waals surface area contributed by atoms with Gasteiger partial charge in [-0.05, 0) is 42.8 Å². The van der Waals surface area contributed by atoms with Crippen LogP contribution < -0.4 is 9.62 Å². The van der Waals surface area contributed by atoms with E-state index in [-0.39, 0.29) is 28.1 Å². The number of anilines is 1. The smallest absolute Gasteiger partial charge is 0.243 e. The van der Waals surface area contributed by atoms with Gasteiger partial charge in [-0.2, -0.15) is 0 Å². The largest absolute Gasteiger partial charge is 0.350 e. The molecule has 0 aliphatic carbocycles. The molecule has 2 rings (SSSR count). The molecule has 0 spiro atoms. The highest BCUT2D eigenvalue weighted by Crippen LogP contribution is 2.29. The normalized spacial score (nSPS) is 12.5. The van der Waals surface area contributed by atoms with Gasteiger partial charge in [0, 0.05) is 6.54 Å². The van der Waals surface area contributed by atoms with Crippen molar-refractivity contribution >= 4 is 44.8 Å². The van der Waals surface area contributed by atoms with Gasteiger partial charge in [-0.15, -0.1) is 0 Å². The third kappa shape index (κ3) is 5.09. The molecule has 0 heterocycles. The number of amides is 1. The molecule has 140 valence electrons. The van der Waals surface area contributed by atoms with Crippen LogP contribution in [0.15, 0.2) is 42.5 Å². The zero-order chi connectivity index (χ0) is 19.5. The first kappa shape index (κ1) is 20.5. The van der Waals surface area contributed by atoms with Gasteiger partial charge in [0.1, 0.15) is 11.9 Å². The first-order chi connectivity index (χ1) is 12.1. The topological polar surface area (TPSA) is 66.5 Å². The summed E-state index contributed by atoms with van der Waals surface area (Å²) in [5.41, 5.74) is 0.915. The van der Waals surface area contributed by atoms with Crippen LogP contribution >= 0.6 is 23.2 Å². The predicted octanol–water partition coefficient (Wildman–Crippen LogP) is 3.60. The fourth-order valence-electron chi connectivity index (χ4n) is 2.37. The first-order valence-electron chi connectivity index (χ1n) is 7.56. The Labute approximate surface area is 161 Å². The molecule has 0 radical (unpaired) electrons. The molecule has 0 bridgehead atoms. The van der Waals surface area contributed by atoms with Crippen LogP contribution in [0, 0.1) is 5.82 Å². The number of rotatable bonds is 6. The van der Waals surface area contributed by atoms with Gasteiger partial charge >= 0.3 is 0 Å². The molecule has 0 unspecified atom stereocenters. The van der Waals surface area contributed by atoms with Crippen LogP contribution in [0.4, 0.5) is 10.1 Å². The minimum Gasteiger partial charge on any atom is -0.350 e. The van der Waals surface area contributed by atoms with E-state index in [0.29, 0.717) is 5.56 Å². The first-order valence-corrected chi connectivity index (χ1v) is 10.2. The van der Waals surface area contributed by atoms with Crippen LogP contribution in [0.5, 0.6) is 0 Å². The summed E-state index contributed by atoms with van der Waals surface area (Å²) in [5, 5.41) is 3.09. The van der Waals surface area contributed by atoms with E-state index in [4.69, 9.17) is 23.2 Å². The molecular formula is C17H17Cl2FN2O3S. The number of halogens is 3. The van der Waals surface area contributed by atoms with Gasteiger partial charge in [0.15, 0.2) is 0 Å². The van der Waals surface area contributed by atoms with Gasteiger partial charge in [0.25, 0.3) is 0 Å². The van der Waals surface area contributed by atoms with E-state index in [2.05, 4.69) is 5.32 Å². The Hall–Kier alpha value is -1.83. The number of nitrogens with one attached hydrogen (secondary N) is 1. The Morgan fingerprint density at radius 3 is 2.31 bits per heavy atom. The van der Waals surface area contributed by atoms with Gasteiger partial charge in [0.05, 0.1) is 22.0 Å². The van der Waals surface area contributed by atoms with Crippen LogP contribution in [-0.2, 0) is 21.4 Å². The molecule has 5 nitrogen and oxygen atoms in total. The fraction of sp³-hybridized carbons (Fsp3) is 0.235. The van der Waals surface area contributed by atoms with E-state index in [1.165, 1.54) is 49.4 Å². The molecule has 0 saturated carbocycles. The van der Waals surface area contributed by atoms with Gasteiger partial charge in [-0.3, -0.25) is 9.10 Å². The maximum Gasteiger partial charge on any atom is 0.243 e. The summed E-state index contributed by atoms with van der Waals surface area (Å²) in [4.78, 5) is 12.4. The molecule has 0 aliphatic rings. The van der Waals surface area contributed by atoms with Crippen molar-refractivity contribution in [3.05, 3.63) is 63.9 Å². The van der Waals surface area contributed by atoms with Gasteiger partial charge < -0.3 is 5.32 Å². The van der Waals surface area contributed by atoms with Crippen molar-refractivity contribution in [2.45, 2.75) is 19.5 Å². The van der Waals surface area contributed by atoms with Crippen LogP contribution in [0.3, 0.4) is 0 Å². The summed E-state index contributed by atoms with van der Waals surface area (Å²) in [6.07, 6.45) is 0.999. The third-order valence-corrected chi connectivity index (χ3v) is 5.61. The molecule has 1 atom stereocenters. The summed E-state index contributed by atoms with van der Waals surface area (Å²) in [5.74, 6) is -0.887. The average Bonchev–Trinajstić information content (AvgIpc) is 2.56. The van der Waals surface area contributed by atoms with E-state index in [1.54, 1.807) is 0 Å². The van der Waals surface area contributed by atoms with Crippen LogP contribution in [0.2, 0.25) is 10.0 Å². The Kier molecular flexibility index (Phi) is 6.49. The number of sulfonamides is 1. The minimum atomic E-state index is -3.76. The highest BCUT2D eigenvalue weighted by atomic mass is 35.5. The van der Waals surface area contributed by atoms with Crippen LogP contribution in [-0.4, -0.2) is 26.6 Å². The van der Waals surface area contributed by atoms with Gasteiger partial charge in [-0.1, -0.05) is 35.3 Å². The monoisotopic (exact) mass is 418 g/mol. The quantitative estimate of drug-likeness (QED) is 0.778. The average molecular weight is 419 g/mol. The molecule has 0 aliphatic heterocycles. The molecule has 1 N–H and O–H groups in total. The molecule has 0 aromatic heterocycles. The number of benzene rings is 2. The van der Waals surface area contributed by atoms with Crippen LogP contribution in [0.1, 0.15) is 12.5 Å². The number of nitrogens with zero attached hydrogens (tertiary/aromatic N) is 1. The van der Waals surface area contributed by atoms with E-state index < -0.39 is 22.0 Å². The van der Waals surface area contributed by atoms with E-state index in [1.807, 2.05) is 0 Å². The van der Waals surface area contributed by atoms with Crippen LogP contribution in [0.25, 0.3) is 0 Å². The highest BCUT2D eigenvalue weighted by Gasteiger charge is 2.29. The van der Waals surface area contributed by atoms with Crippen molar-refractivity contribution in [1.82, 2.24) is 5.32 Å². The Morgan fingerprint density at radius 2 is 1.77 bits per heavy atom. The van der Waals surface area contributed by atoms with Crippen molar-refractivity contribution in [2.75, 3.05) is 10.6 Å². The summed E-state index contributed by atoms with van der Waals surface area (Å²) in [6.45, 7) is 1.60. The summed E-state index contributed by atoms with van der Waals surface area (Å²) in [6, 6.07) is 8.92. The summed E-state index contributed by atoms with van der Waals surface area (Å²) in [7, 11) is -3.76. The minimum absolute atomic E-state index is 0.141. The second kappa shape index (κ2) is 8.24. The third-order valence-electron chi connectivity index (χ3n) is 3.63. The van der Waals surface area contributed by atoms with Gasteiger partial charge in [-0.25, -0.2) is 12.8 Å². The Morgan fingerprint density at radius 1 is 1.15 bits per heavy atom. The lowest BCUT2D eigenvalue weighted by atomic mass is 10.2. The molecule has 9 heteroatoms. The number of hydrogen-bond acceptors (Lipinski definition) is 3. The van der Waals surface area contributed by atoms with Crippen molar-refractivity contribution in [2.24, 2.45) is 0 Å². The van der Waals surface area contributed by atoms with Gasteiger partial charge in [0.2, 0.25) is 15.9 Å². The maximum atomic E-state index is 12.9. The van der Waals surface area contributed by atoms with E-state index >= 15 is 0 Å². The second-order valence-electron chi connectivity index (χ2n) is 5.68. The van der Waals surface area contributed by atoms with Crippen molar-refractivity contribution in [1.29, 1.82) is 0 Å². The zero-order valence-electron chi connectivity index (χ0n) is 14.0. The second-order valence-corrected chi connectivity index (χ2v) is 8.35. The number of carbonyl (C=O) groups excluding carboxylic acids is 1. The Bertz CT molecular complexity index is 905. The molecular weight excluding hydrogens is 402 g/mol. The molecule has 2 aromatic carbocycles. The molecule has 0 saturated heterocycles. The highest BCUT2D eigenvalue weighted by molar-refractivity contribution is 7.92. The number of hydrogen-bond donors (Lipinski definition) is 1. The fourth-order valence-corrected chi connectivity index (χ4v) is 3.83. The van der Waals surface area contributed by atoms with E-state index in [9.17, 15) is 17.6 Å². The molecule has 1 amide bonds.